The second-order valence-corrected chi connectivity index (χ2v) is 5.43. The van der Waals surface area contributed by atoms with Crippen LogP contribution >= 0.6 is 11.8 Å². The van der Waals surface area contributed by atoms with Gasteiger partial charge < -0.3 is 4.98 Å². The first kappa shape index (κ1) is 12.9. The first-order valence-corrected chi connectivity index (χ1v) is 7.11. The second-order valence-electron chi connectivity index (χ2n) is 4.47. The molecule has 0 radical (unpaired) electrons. The summed E-state index contributed by atoms with van der Waals surface area (Å²) in [5.74, 6) is 1.34. The monoisotopic (exact) mass is 287 g/mol. The fourth-order valence-electron chi connectivity index (χ4n) is 1.96. The van der Waals surface area contributed by atoms with E-state index in [-0.39, 0.29) is 5.56 Å². The van der Waals surface area contributed by atoms with Crippen LogP contribution in [0.5, 0.6) is 0 Å². The van der Waals surface area contributed by atoms with Gasteiger partial charge >= 0.3 is 0 Å². The summed E-state index contributed by atoms with van der Waals surface area (Å²) in [5.41, 5.74) is 2.81. The van der Waals surface area contributed by atoms with Crippen LogP contribution in [0.4, 0.5) is 0 Å². The van der Waals surface area contributed by atoms with Crippen molar-refractivity contribution in [1.82, 2.24) is 24.3 Å². The van der Waals surface area contributed by atoms with Crippen LogP contribution in [0.15, 0.2) is 34.5 Å². The summed E-state index contributed by atoms with van der Waals surface area (Å²) in [6, 6.07) is 3.41. The molecule has 7 heteroatoms. The summed E-state index contributed by atoms with van der Waals surface area (Å²) < 4.78 is 1.96. The van der Waals surface area contributed by atoms with Crippen LogP contribution in [0.2, 0.25) is 0 Å². The van der Waals surface area contributed by atoms with E-state index >= 15 is 0 Å². The van der Waals surface area contributed by atoms with Crippen molar-refractivity contribution in [3.05, 3.63) is 52.0 Å². The molecule has 3 aromatic rings. The summed E-state index contributed by atoms with van der Waals surface area (Å²) in [6.07, 6.45) is 3.46. The van der Waals surface area contributed by atoms with Gasteiger partial charge in [0, 0.05) is 35.6 Å². The quantitative estimate of drug-likeness (QED) is 0.586. The molecular weight excluding hydrogens is 274 g/mol. The van der Waals surface area contributed by atoms with Gasteiger partial charge in [-0.1, -0.05) is 11.8 Å². The van der Waals surface area contributed by atoms with Crippen molar-refractivity contribution in [2.24, 2.45) is 0 Å². The summed E-state index contributed by atoms with van der Waals surface area (Å²) in [5, 5.41) is 0.593. The van der Waals surface area contributed by atoms with Crippen molar-refractivity contribution in [3.8, 4) is 0 Å². The van der Waals surface area contributed by atoms with Gasteiger partial charge in [0.2, 0.25) is 5.78 Å². The van der Waals surface area contributed by atoms with Crippen LogP contribution in [0.3, 0.4) is 0 Å². The molecule has 0 saturated carbocycles. The zero-order valence-electron chi connectivity index (χ0n) is 11.1. The molecule has 0 aromatic carbocycles. The van der Waals surface area contributed by atoms with Crippen LogP contribution in [0, 0.1) is 13.8 Å². The standard InChI is InChI=1S/C13H13N5OS/c1-8-5-9(2)18-6-10(16-12(18)15-8)7-20-13-14-4-3-11(19)17-13/h3-6H,7H2,1-2H3,(H,14,17,19). The Hall–Kier alpha value is -2.15. The Balaban J connectivity index is 1.85. The smallest absolute Gasteiger partial charge is 0.251 e. The van der Waals surface area contributed by atoms with E-state index in [0.717, 1.165) is 17.1 Å². The molecule has 3 aromatic heterocycles. The van der Waals surface area contributed by atoms with E-state index in [1.807, 2.05) is 30.5 Å². The van der Waals surface area contributed by atoms with E-state index in [0.29, 0.717) is 16.7 Å². The van der Waals surface area contributed by atoms with E-state index in [2.05, 4.69) is 19.9 Å². The number of nitrogens with one attached hydrogen (secondary N) is 1. The van der Waals surface area contributed by atoms with Crippen molar-refractivity contribution in [2.75, 3.05) is 0 Å². The van der Waals surface area contributed by atoms with Gasteiger partial charge in [0.1, 0.15) is 0 Å². The highest BCUT2D eigenvalue weighted by molar-refractivity contribution is 7.98. The lowest BCUT2D eigenvalue weighted by Gasteiger charge is -1.99. The molecule has 0 aliphatic heterocycles. The molecule has 0 bridgehead atoms. The van der Waals surface area contributed by atoms with Gasteiger partial charge in [-0.3, -0.25) is 9.20 Å². The Kier molecular flexibility index (Phi) is 3.27. The minimum absolute atomic E-state index is 0.148. The number of rotatable bonds is 3. The van der Waals surface area contributed by atoms with Crippen LogP contribution in [0.1, 0.15) is 17.1 Å². The number of hydrogen-bond donors (Lipinski definition) is 1. The molecule has 0 amide bonds. The summed E-state index contributed by atoms with van der Waals surface area (Å²) >= 11 is 1.44. The minimum Gasteiger partial charge on any atom is -0.301 e. The predicted octanol–water partition coefficient (Wildman–Crippen LogP) is 1.72. The van der Waals surface area contributed by atoms with Crippen LogP contribution in [0.25, 0.3) is 5.78 Å². The Bertz CT molecular complexity index is 823. The van der Waals surface area contributed by atoms with E-state index in [4.69, 9.17) is 0 Å². The molecule has 0 fully saturated rings. The Morgan fingerprint density at radius 1 is 1.35 bits per heavy atom. The molecule has 0 unspecified atom stereocenters. The molecule has 0 spiro atoms. The van der Waals surface area contributed by atoms with Crippen molar-refractivity contribution >= 4 is 17.5 Å². The number of aryl methyl sites for hydroxylation is 2. The molecule has 102 valence electrons. The van der Waals surface area contributed by atoms with Crippen molar-refractivity contribution in [2.45, 2.75) is 24.8 Å². The Morgan fingerprint density at radius 2 is 2.20 bits per heavy atom. The fraction of sp³-hybridized carbons (Fsp3) is 0.231. The molecule has 0 aliphatic carbocycles. The van der Waals surface area contributed by atoms with Crippen LogP contribution in [-0.4, -0.2) is 24.3 Å². The second kappa shape index (κ2) is 5.09. The first-order chi connectivity index (χ1) is 9.61. The third-order valence-electron chi connectivity index (χ3n) is 2.82. The van der Waals surface area contributed by atoms with Gasteiger partial charge in [-0.15, -0.1) is 0 Å². The lowest BCUT2D eigenvalue weighted by Crippen LogP contribution is -2.05. The summed E-state index contributed by atoms with van der Waals surface area (Å²) in [6.45, 7) is 3.98. The first-order valence-electron chi connectivity index (χ1n) is 6.12. The highest BCUT2D eigenvalue weighted by atomic mass is 32.2. The summed E-state index contributed by atoms with van der Waals surface area (Å²) in [7, 11) is 0. The number of hydrogen-bond acceptors (Lipinski definition) is 5. The fourth-order valence-corrected chi connectivity index (χ4v) is 2.69. The van der Waals surface area contributed by atoms with Gasteiger partial charge in [-0.25, -0.2) is 15.0 Å². The SMILES string of the molecule is Cc1cc(C)n2cc(CSc3nccc(=O)[nH]3)nc2n1. The molecule has 6 nitrogen and oxygen atoms in total. The Labute approximate surface area is 119 Å². The topological polar surface area (TPSA) is 75.9 Å². The maximum Gasteiger partial charge on any atom is 0.251 e. The molecule has 0 aliphatic rings. The predicted molar refractivity (Wildman–Crippen MR) is 76.9 cm³/mol. The maximum atomic E-state index is 11.2. The zero-order valence-corrected chi connectivity index (χ0v) is 11.9. The highest BCUT2D eigenvalue weighted by Crippen LogP contribution is 2.18. The largest absolute Gasteiger partial charge is 0.301 e. The number of fused-ring (bicyclic) bond motifs is 1. The van der Waals surface area contributed by atoms with E-state index in [1.54, 1.807) is 0 Å². The molecule has 0 atom stereocenters. The zero-order chi connectivity index (χ0) is 14.1. The third-order valence-corrected chi connectivity index (χ3v) is 3.74. The van der Waals surface area contributed by atoms with Gasteiger partial charge in [-0.2, -0.15) is 0 Å². The Morgan fingerprint density at radius 3 is 3.00 bits per heavy atom. The number of aromatic amines is 1. The number of nitrogens with zero attached hydrogens (tertiary/aromatic N) is 4. The molecule has 3 heterocycles. The van der Waals surface area contributed by atoms with Gasteiger partial charge in [-0.05, 0) is 19.9 Å². The highest BCUT2D eigenvalue weighted by Gasteiger charge is 2.07. The van der Waals surface area contributed by atoms with E-state index in [1.165, 1.54) is 24.0 Å². The minimum atomic E-state index is -0.148. The molecule has 1 N–H and O–H groups in total. The van der Waals surface area contributed by atoms with Crippen molar-refractivity contribution in [3.63, 3.8) is 0 Å². The lowest BCUT2D eigenvalue weighted by atomic mass is 10.3. The molecule has 0 saturated heterocycles. The van der Waals surface area contributed by atoms with Crippen molar-refractivity contribution in [1.29, 1.82) is 0 Å². The van der Waals surface area contributed by atoms with E-state index in [9.17, 15) is 4.79 Å². The van der Waals surface area contributed by atoms with E-state index < -0.39 is 0 Å². The summed E-state index contributed by atoms with van der Waals surface area (Å²) in [4.78, 5) is 26.8. The number of H-pyrrole nitrogens is 1. The lowest BCUT2D eigenvalue weighted by molar-refractivity contribution is 0.935. The number of imidazole rings is 1. The number of aromatic nitrogens is 5. The average molecular weight is 287 g/mol. The van der Waals surface area contributed by atoms with Crippen molar-refractivity contribution < 1.29 is 0 Å². The van der Waals surface area contributed by atoms with Gasteiger partial charge in [0.05, 0.1) is 5.69 Å². The normalized spacial score (nSPS) is 11.1. The third kappa shape index (κ3) is 2.57. The van der Waals surface area contributed by atoms with Crippen LogP contribution < -0.4 is 5.56 Å². The molecule has 20 heavy (non-hydrogen) atoms. The molecule has 3 rings (SSSR count). The van der Waals surface area contributed by atoms with Gasteiger partial charge in [0.25, 0.3) is 5.56 Å². The van der Waals surface area contributed by atoms with Crippen LogP contribution in [-0.2, 0) is 5.75 Å². The maximum absolute atomic E-state index is 11.2. The average Bonchev–Trinajstić information content (AvgIpc) is 2.80. The molecular formula is C13H13N5OS. The number of thioether (sulfide) groups is 1. The van der Waals surface area contributed by atoms with Gasteiger partial charge in [0.15, 0.2) is 5.16 Å².